The van der Waals surface area contributed by atoms with Gasteiger partial charge in [-0.05, 0) is 42.2 Å². The first-order valence-electron chi connectivity index (χ1n) is 11.5. The van der Waals surface area contributed by atoms with E-state index < -0.39 is 0 Å². The molecule has 5 nitrogen and oxygen atoms in total. The molecule has 0 radical (unpaired) electrons. The highest BCUT2D eigenvalue weighted by Gasteiger charge is 2.14. The van der Waals surface area contributed by atoms with Crippen molar-refractivity contribution < 1.29 is 4.79 Å². The van der Waals surface area contributed by atoms with Gasteiger partial charge in [0.1, 0.15) is 0 Å². The van der Waals surface area contributed by atoms with Gasteiger partial charge in [-0.3, -0.25) is 4.79 Å². The molecule has 33 heavy (non-hydrogen) atoms. The maximum atomic E-state index is 12.1. The van der Waals surface area contributed by atoms with E-state index in [-0.39, 0.29) is 5.91 Å². The Morgan fingerprint density at radius 2 is 1.42 bits per heavy atom. The summed E-state index contributed by atoms with van der Waals surface area (Å²) in [5.74, 6) is 1.13. The molecule has 0 aliphatic rings. The van der Waals surface area contributed by atoms with Crippen LogP contribution in [-0.4, -0.2) is 44.0 Å². The largest absolute Gasteiger partial charge is 0.357 e. The molecule has 0 atom stereocenters. The number of guanidine groups is 1. The smallest absolute Gasteiger partial charge is 0.253 e. The lowest BCUT2D eigenvalue weighted by Crippen LogP contribution is -2.38. The van der Waals surface area contributed by atoms with Crippen LogP contribution in [0.1, 0.15) is 46.3 Å². The quantitative estimate of drug-likeness (QED) is 0.374. The molecule has 0 aliphatic heterocycles. The maximum Gasteiger partial charge on any atom is 0.253 e. The van der Waals surface area contributed by atoms with Gasteiger partial charge >= 0.3 is 0 Å². The van der Waals surface area contributed by atoms with Crippen molar-refractivity contribution >= 4 is 11.9 Å². The minimum atomic E-state index is 0.00597. The third-order valence-corrected chi connectivity index (χ3v) is 5.50. The molecule has 3 rings (SSSR count). The summed E-state index contributed by atoms with van der Waals surface area (Å²) in [4.78, 5) is 18.4. The molecule has 3 aromatic carbocycles. The van der Waals surface area contributed by atoms with Gasteiger partial charge in [0.05, 0.1) is 6.54 Å². The Kier molecular flexibility index (Phi) is 9.07. The Bertz CT molecular complexity index is 975. The Hall–Kier alpha value is -3.60. The van der Waals surface area contributed by atoms with Gasteiger partial charge in [-0.1, -0.05) is 72.8 Å². The zero-order chi connectivity index (χ0) is 23.5. The fourth-order valence-corrected chi connectivity index (χ4v) is 3.75. The number of benzene rings is 3. The van der Waals surface area contributed by atoms with E-state index in [1.54, 1.807) is 19.0 Å². The molecule has 0 spiro atoms. The van der Waals surface area contributed by atoms with Gasteiger partial charge in [-0.2, -0.15) is 0 Å². The van der Waals surface area contributed by atoms with Crippen molar-refractivity contribution in [1.82, 2.24) is 15.5 Å². The van der Waals surface area contributed by atoms with Crippen LogP contribution in [0.4, 0.5) is 0 Å². The number of hydrogen-bond acceptors (Lipinski definition) is 2. The molecule has 0 unspecified atom stereocenters. The summed E-state index contributed by atoms with van der Waals surface area (Å²) in [6.07, 6.45) is 0.958. The Morgan fingerprint density at radius 3 is 1.94 bits per heavy atom. The van der Waals surface area contributed by atoms with Gasteiger partial charge in [-0.15, -0.1) is 0 Å². The topological polar surface area (TPSA) is 56.7 Å². The van der Waals surface area contributed by atoms with Gasteiger partial charge in [0.25, 0.3) is 5.91 Å². The molecule has 0 bridgehead atoms. The van der Waals surface area contributed by atoms with Crippen molar-refractivity contribution in [3.05, 3.63) is 107 Å². The van der Waals surface area contributed by atoms with Crippen molar-refractivity contribution in [2.24, 2.45) is 4.99 Å². The number of carbonyl (C=O) groups is 1. The highest BCUT2D eigenvalue weighted by Crippen LogP contribution is 2.27. The van der Waals surface area contributed by atoms with Crippen LogP contribution in [-0.2, 0) is 6.54 Å². The van der Waals surface area contributed by atoms with E-state index in [1.165, 1.54) is 11.1 Å². The summed E-state index contributed by atoms with van der Waals surface area (Å²) in [7, 11) is 3.52. The van der Waals surface area contributed by atoms with Crippen LogP contribution in [0, 0.1) is 0 Å². The molecule has 0 saturated carbocycles. The van der Waals surface area contributed by atoms with Gasteiger partial charge < -0.3 is 15.5 Å². The van der Waals surface area contributed by atoms with Crippen LogP contribution in [0.2, 0.25) is 0 Å². The average molecular weight is 443 g/mol. The molecule has 1 amide bonds. The van der Waals surface area contributed by atoms with Crippen LogP contribution in [0.25, 0.3) is 0 Å². The van der Waals surface area contributed by atoms with E-state index in [2.05, 4.69) is 78.2 Å². The van der Waals surface area contributed by atoms with Gasteiger partial charge in [0.15, 0.2) is 5.96 Å². The molecule has 0 saturated heterocycles. The van der Waals surface area contributed by atoms with Gasteiger partial charge in [0, 0.05) is 38.7 Å². The molecule has 2 N–H and O–H groups in total. The zero-order valence-corrected chi connectivity index (χ0v) is 19.8. The van der Waals surface area contributed by atoms with E-state index in [0.717, 1.165) is 31.0 Å². The molecule has 5 heteroatoms. The molecule has 0 aromatic heterocycles. The van der Waals surface area contributed by atoms with Crippen LogP contribution < -0.4 is 10.6 Å². The number of nitrogens with zero attached hydrogens (tertiary/aromatic N) is 2. The van der Waals surface area contributed by atoms with Crippen molar-refractivity contribution in [3.8, 4) is 0 Å². The lowest BCUT2D eigenvalue weighted by Gasteiger charge is -2.19. The zero-order valence-electron chi connectivity index (χ0n) is 19.8. The van der Waals surface area contributed by atoms with Crippen molar-refractivity contribution in [2.45, 2.75) is 25.8 Å². The SMILES string of the molecule is CCNC(=NCc1ccc(C(=O)N(C)C)cc1)NCCC(c1ccccc1)c1ccccc1. The maximum absolute atomic E-state index is 12.1. The molecule has 0 fully saturated rings. The summed E-state index contributed by atoms with van der Waals surface area (Å²) in [5.41, 5.74) is 4.39. The third kappa shape index (κ3) is 7.21. The number of rotatable bonds is 9. The Morgan fingerprint density at radius 1 is 0.848 bits per heavy atom. The van der Waals surface area contributed by atoms with Crippen LogP contribution in [0.5, 0.6) is 0 Å². The second-order valence-electron chi connectivity index (χ2n) is 8.18. The summed E-state index contributed by atoms with van der Waals surface area (Å²) in [5, 5.41) is 6.81. The van der Waals surface area contributed by atoms with E-state index >= 15 is 0 Å². The number of amides is 1. The summed E-state index contributed by atoms with van der Waals surface area (Å²) >= 11 is 0. The lowest BCUT2D eigenvalue weighted by molar-refractivity contribution is 0.0827. The molecule has 0 heterocycles. The highest BCUT2D eigenvalue weighted by atomic mass is 16.2. The Balaban J connectivity index is 1.63. The van der Waals surface area contributed by atoms with Crippen LogP contribution in [0.3, 0.4) is 0 Å². The number of nitrogens with one attached hydrogen (secondary N) is 2. The molecule has 172 valence electrons. The minimum absolute atomic E-state index is 0.00597. The van der Waals surface area contributed by atoms with E-state index in [9.17, 15) is 4.79 Å². The molecular weight excluding hydrogens is 408 g/mol. The van der Waals surface area contributed by atoms with Gasteiger partial charge in [-0.25, -0.2) is 4.99 Å². The fraction of sp³-hybridized carbons (Fsp3) is 0.286. The second kappa shape index (κ2) is 12.4. The number of carbonyl (C=O) groups excluding carboxylic acids is 1. The van der Waals surface area contributed by atoms with Gasteiger partial charge in [0.2, 0.25) is 0 Å². The normalized spacial score (nSPS) is 11.3. The highest BCUT2D eigenvalue weighted by molar-refractivity contribution is 5.93. The summed E-state index contributed by atoms with van der Waals surface area (Å²) in [6.45, 7) is 4.21. The second-order valence-corrected chi connectivity index (χ2v) is 8.18. The first kappa shape index (κ1) is 24.1. The van der Waals surface area contributed by atoms with Crippen LogP contribution in [0.15, 0.2) is 89.9 Å². The summed E-state index contributed by atoms with van der Waals surface area (Å²) < 4.78 is 0. The standard InChI is InChI=1S/C28H34N4O/c1-4-29-28(31-21-22-15-17-25(18-16-22)27(33)32(2)3)30-20-19-26(23-11-7-5-8-12-23)24-13-9-6-10-14-24/h5-18,26H,4,19-21H2,1-3H3,(H2,29,30,31). The average Bonchev–Trinajstić information content (AvgIpc) is 2.86. The van der Waals surface area contributed by atoms with Crippen molar-refractivity contribution in [2.75, 3.05) is 27.2 Å². The molecular formula is C28H34N4O. The predicted molar refractivity (Wildman–Crippen MR) is 137 cm³/mol. The molecule has 3 aromatic rings. The van der Waals surface area contributed by atoms with Crippen LogP contribution >= 0.6 is 0 Å². The van der Waals surface area contributed by atoms with E-state index in [4.69, 9.17) is 4.99 Å². The fourth-order valence-electron chi connectivity index (χ4n) is 3.75. The molecule has 0 aliphatic carbocycles. The number of hydrogen-bond donors (Lipinski definition) is 2. The van der Waals surface area contributed by atoms with E-state index in [1.807, 2.05) is 24.3 Å². The first-order valence-corrected chi connectivity index (χ1v) is 11.5. The Labute approximate surface area is 197 Å². The first-order chi connectivity index (χ1) is 16.1. The summed E-state index contributed by atoms with van der Waals surface area (Å²) in [6, 6.07) is 28.9. The van der Waals surface area contributed by atoms with Crippen molar-refractivity contribution in [3.63, 3.8) is 0 Å². The monoisotopic (exact) mass is 442 g/mol. The predicted octanol–water partition coefficient (Wildman–Crippen LogP) is 4.67. The number of aliphatic imine (C=N–C) groups is 1. The third-order valence-electron chi connectivity index (χ3n) is 5.50. The van der Waals surface area contributed by atoms with Crippen molar-refractivity contribution in [1.29, 1.82) is 0 Å². The lowest BCUT2D eigenvalue weighted by atomic mass is 9.88. The minimum Gasteiger partial charge on any atom is -0.357 e. The van der Waals surface area contributed by atoms with E-state index in [0.29, 0.717) is 18.0 Å².